The van der Waals surface area contributed by atoms with E-state index in [-0.39, 0.29) is 29.7 Å². The van der Waals surface area contributed by atoms with Gasteiger partial charge in [-0.25, -0.2) is 0 Å². The van der Waals surface area contributed by atoms with Crippen LogP contribution in [-0.4, -0.2) is 17.9 Å². The molecule has 1 aromatic carbocycles. The van der Waals surface area contributed by atoms with Crippen LogP contribution < -0.4 is 10.6 Å². The van der Waals surface area contributed by atoms with E-state index < -0.39 is 0 Å². The second kappa shape index (κ2) is 8.72. The van der Waals surface area contributed by atoms with Crippen LogP contribution >= 0.6 is 23.2 Å². The molecule has 0 saturated heterocycles. The number of nitrogens with one attached hydrogen (secondary N) is 2. The topological polar surface area (TPSA) is 58.2 Å². The van der Waals surface area contributed by atoms with Crippen LogP contribution in [0.25, 0.3) is 0 Å². The van der Waals surface area contributed by atoms with Crippen molar-refractivity contribution in [2.45, 2.75) is 52.0 Å². The van der Waals surface area contributed by atoms with Crippen molar-refractivity contribution in [2.75, 3.05) is 5.32 Å². The minimum absolute atomic E-state index is 0.0119. The Morgan fingerprint density at radius 1 is 1.12 bits per heavy atom. The van der Waals surface area contributed by atoms with Gasteiger partial charge in [0.15, 0.2) is 0 Å². The molecule has 0 spiro atoms. The number of benzene rings is 1. The third-order valence-electron chi connectivity index (χ3n) is 4.68. The van der Waals surface area contributed by atoms with E-state index in [1.165, 1.54) is 0 Å². The lowest BCUT2D eigenvalue weighted by atomic mass is 9.81. The largest absolute Gasteiger partial charge is 0.353 e. The lowest BCUT2D eigenvalue weighted by Gasteiger charge is -2.28. The number of amides is 2. The third kappa shape index (κ3) is 4.87. The van der Waals surface area contributed by atoms with Gasteiger partial charge in [-0.15, -0.1) is 0 Å². The molecule has 0 heterocycles. The van der Waals surface area contributed by atoms with Crippen molar-refractivity contribution in [3.63, 3.8) is 0 Å². The van der Waals surface area contributed by atoms with Crippen LogP contribution in [0.2, 0.25) is 10.0 Å². The molecule has 2 N–H and O–H groups in total. The molecule has 1 atom stereocenters. The van der Waals surface area contributed by atoms with Gasteiger partial charge >= 0.3 is 0 Å². The SMILES string of the molecule is CCC(C)NC(=O)C1CCC(C(=O)Nc2cccc(Cl)c2Cl)CC1. The van der Waals surface area contributed by atoms with Crippen LogP contribution in [0.5, 0.6) is 0 Å². The third-order valence-corrected chi connectivity index (χ3v) is 5.50. The lowest BCUT2D eigenvalue weighted by molar-refractivity contribution is -0.129. The number of hydrogen-bond donors (Lipinski definition) is 2. The van der Waals surface area contributed by atoms with E-state index in [9.17, 15) is 9.59 Å². The van der Waals surface area contributed by atoms with Gasteiger partial charge in [0, 0.05) is 17.9 Å². The van der Waals surface area contributed by atoms with E-state index >= 15 is 0 Å². The maximum atomic E-state index is 12.4. The van der Waals surface area contributed by atoms with Crippen molar-refractivity contribution in [3.05, 3.63) is 28.2 Å². The second-order valence-corrected chi connectivity index (χ2v) is 7.24. The summed E-state index contributed by atoms with van der Waals surface area (Å²) in [5, 5.41) is 6.65. The Hall–Kier alpha value is -1.26. The first kappa shape index (κ1) is 19.1. The fraction of sp³-hybridized carbons (Fsp3) is 0.556. The van der Waals surface area contributed by atoms with Crippen LogP contribution in [0.4, 0.5) is 5.69 Å². The van der Waals surface area contributed by atoms with Crippen molar-refractivity contribution in [1.29, 1.82) is 0 Å². The molecule has 1 aliphatic rings. The molecule has 24 heavy (non-hydrogen) atoms. The monoisotopic (exact) mass is 370 g/mol. The smallest absolute Gasteiger partial charge is 0.227 e. The van der Waals surface area contributed by atoms with Gasteiger partial charge in [0.1, 0.15) is 0 Å². The highest BCUT2D eigenvalue weighted by molar-refractivity contribution is 6.44. The summed E-state index contributed by atoms with van der Waals surface area (Å²) in [4.78, 5) is 24.6. The van der Waals surface area contributed by atoms with Crippen LogP contribution in [0.1, 0.15) is 46.0 Å². The summed E-state index contributed by atoms with van der Waals surface area (Å²) in [6, 6.07) is 5.36. The molecule has 1 aromatic rings. The molecule has 4 nitrogen and oxygen atoms in total. The Morgan fingerprint density at radius 2 is 1.71 bits per heavy atom. The van der Waals surface area contributed by atoms with Crippen LogP contribution in [0.15, 0.2) is 18.2 Å². The van der Waals surface area contributed by atoms with Crippen molar-refractivity contribution in [3.8, 4) is 0 Å². The lowest BCUT2D eigenvalue weighted by Crippen LogP contribution is -2.39. The highest BCUT2D eigenvalue weighted by atomic mass is 35.5. The molecule has 132 valence electrons. The Balaban J connectivity index is 1.86. The predicted molar refractivity (Wildman–Crippen MR) is 98.4 cm³/mol. The summed E-state index contributed by atoms with van der Waals surface area (Å²) in [6.07, 6.45) is 3.82. The van der Waals surface area contributed by atoms with Gasteiger partial charge in [-0.1, -0.05) is 36.2 Å². The van der Waals surface area contributed by atoms with Crippen LogP contribution in [0, 0.1) is 11.8 Å². The van der Waals surface area contributed by atoms with Gasteiger partial charge < -0.3 is 10.6 Å². The standard InChI is InChI=1S/C18H24Cl2N2O2/c1-3-11(2)21-17(23)12-7-9-13(10-8-12)18(24)22-15-6-4-5-14(19)16(15)20/h4-6,11-13H,3,7-10H2,1-2H3,(H,21,23)(H,22,24). The van der Waals surface area contributed by atoms with E-state index in [4.69, 9.17) is 23.2 Å². The molecule has 0 bridgehead atoms. The predicted octanol–water partition coefficient (Wildman–Crippen LogP) is 4.65. The molecule has 1 aliphatic carbocycles. The van der Waals surface area contributed by atoms with Gasteiger partial charge in [-0.3, -0.25) is 9.59 Å². The molecule has 0 aromatic heterocycles. The van der Waals surface area contributed by atoms with Gasteiger partial charge in [0.2, 0.25) is 11.8 Å². The zero-order chi connectivity index (χ0) is 17.7. The highest BCUT2D eigenvalue weighted by Crippen LogP contribution is 2.33. The maximum Gasteiger partial charge on any atom is 0.227 e. The van der Waals surface area contributed by atoms with Crippen molar-refractivity contribution < 1.29 is 9.59 Å². The zero-order valence-electron chi connectivity index (χ0n) is 14.1. The Labute approximate surface area is 153 Å². The van der Waals surface area contributed by atoms with Crippen molar-refractivity contribution in [1.82, 2.24) is 5.32 Å². The van der Waals surface area contributed by atoms with Gasteiger partial charge in [-0.05, 0) is 51.2 Å². The summed E-state index contributed by atoms with van der Waals surface area (Å²) in [5.41, 5.74) is 0.533. The number of rotatable bonds is 5. The zero-order valence-corrected chi connectivity index (χ0v) is 15.6. The minimum Gasteiger partial charge on any atom is -0.353 e. The van der Waals surface area contributed by atoms with Gasteiger partial charge in [0.25, 0.3) is 0 Å². The van der Waals surface area contributed by atoms with Crippen LogP contribution in [-0.2, 0) is 9.59 Å². The quantitative estimate of drug-likeness (QED) is 0.791. The number of carbonyl (C=O) groups is 2. The summed E-state index contributed by atoms with van der Waals surface area (Å²) in [5.74, 6) is -0.0217. The van der Waals surface area contributed by atoms with Crippen LogP contribution in [0.3, 0.4) is 0 Å². The normalized spacial score (nSPS) is 21.8. The second-order valence-electron chi connectivity index (χ2n) is 6.46. The van der Waals surface area contributed by atoms with E-state index in [0.29, 0.717) is 28.6 Å². The molecule has 1 saturated carbocycles. The number of carbonyl (C=O) groups excluding carboxylic acids is 2. The highest BCUT2D eigenvalue weighted by Gasteiger charge is 2.30. The average Bonchev–Trinajstić information content (AvgIpc) is 2.58. The molecular formula is C18H24Cl2N2O2. The molecule has 0 aliphatic heterocycles. The first-order valence-corrected chi connectivity index (χ1v) is 9.23. The molecule has 2 amide bonds. The van der Waals surface area contributed by atoms with Gasteiger partial charge in [0.05, 0.1) is 15.7 Å². The first-order valence-electron chi connectivity index (χ1n) is 8.47. The van der Waals surface area contributed by atoms with Crippen molar-refractivity contribution in [2.24, 2.45) is 11.8 Å². The van der Waals surface area contributed by atoms with E-state index in [1.807, 2.05) is 13.8 Å². The summed E-state index contributed by atoms with van der Waals surface area (Å²) >= 11 is 12.1. The van der Waals surface area contributed by atoms with E-state index in [1.54, 1.807) is 18.2 Å². The molecule has 0 radical (unpaired) electrons. The summed E-state index contributed by atoms with van der Waals surface area (Å²) in [7, 11) is 0. The van der Waals surface area contributed by atoms with E-state index in [2.05, 4.69) is 10.6 Å². The Morgan fingerprint density at radius 3 is 2.29 bits per heavy atom. The molecule has 6 heteroatoms. The summed E-state index contributed by atoms with van der Waals surface area (Å²) in [6.45, 7) is 4.05. The molecule has 1 unspecified atom stereocenters. The van der Waals surface area contributed by atoms with Gasteiger partial charge in [-0.2, -0.15) is 0 Å². The maximum absolute atomic E-state index is 12.4. The molecule has 2 rings (SSSR count). The van der Waals surface area contributed by atoms with E-state index in [0.717, 1.165) is 19.3 Å². The Bertz CT molecular complexity index is 599. The Kier molecular flexibility index (Phi) is 6.93. The fourth-order valence-electron chi connectivity index (χ4n) is 2.92. The van der Waals surface area contributed by atoms with Crippen molar-refractivity contribution >= 4 is 40.7 Å². The number of anilines is 1. The first-order chi connectivity index (χ1) is 11.4. The number of halogens is 2. The molecule has 1 fully saturated rings. The fourth-order valence-corrected chi connectivity index (χ4v) is 3.26. The summed E-state index contributed by atoms with van der Waals surface area (Å²) < 4.78 is 0. The minimum atomic E-state index is -0.0901. The molecular weight excluding hydrogens is 347 g/mol. The average molecular weight is 371 g/mol. The number of hydrogen-bond acceptors (Lipinski definition) is 2.